The van der Waals surface area contributed by atoms with Crippen LogP contribution in [0.2, 0.25) is 0 Å². The number of nitrogens with zero attached hydrogens (tertiary/aromatic N) is 3. The number of anilines is 2. The predicted octanol–water partition coefficient (Wildman–Crippen LogP) is 6.78. The summed E-state index contributed by atoms with van der Waals surface area (Å²) in [7, 11) is 0. The zero-order valence-corrected chi connectivity index (χ0v) is 22.8. The molecule has 1 aliphatic heterocycles. The van der Waals surface area contributed by atoms with E-state index in [-0.39, 0.29) is 0 Å². The summed E-state index contributed by atoms with van der Waals surface area (Å²) in [5, 5.41) is 7.26. The van der Waals surface area contributed by atoms with Crippen molar-refractivity contribution in [1.29, 1.82) is 0 Å². The summed E-state index contributed by atoms with van der Waals surface area (Å²) in [6, 6.07) is 18.5. The third-order valence-electron chi connectivity index (χ3n) is 6.95. The lowest BCUT2D eigenvalue weighted by molar-refractivity contribution is 0.160. The Bertz CT molecular complexity index is 1350. The molecule has 1 saturated heterocycles. The topological polar surface area (TPSA) is 66.9 Å². The van der Waals surface area contributed by atoms with Crippen LogP contribution < -0.4 is 15.0 Å². The number of hydrogen-bond acceptors (Lipinski definition) is 7. The van der Waals surface area contributed by atoms with Gasteiger partial charge in [-0.1, -0.05) is 19.4 Å². The fourth-order valence-electron chi connectivity index (χ4n) is 4.80. The molecule has 0 unspecified atom stereocenters. The van der Waals surface area contributed by atoms with Crippen LogP contribution in [-0.2, 0) is 4.74 Å². The first-order valence-electron chi connectivity index (χ1n) is 13.6. The number of piperazine rings is 1. The van der Waals surface area contributed by atoms with Gasteiger partial charge in [-0.3, -0.25) is 10.2 Å². The Kier molecular flexibility index (Phi) is 8.94. The van der Waals surface area contributed by atoms with Gasteiger partial charge in [0, 0.05) is 53.4 Å². The molecule has 38 heavy (non-hydrogen) atoms. The summed E-state index contributed by atoms with van der Waals surface area (Å²) in [5.74, 6) is 1.27. The molecule has 5 rings (SSSR count). The van der Waals surface area contributed by atoms with Gasteiger partial charge in [0.2, 0.25) is 0 Å². The van der Waals surface area contributed by atoms with Gasteiger partial charge in [-0.2, -0.15) is 0 Å². The number of carbonyl (C=O) groups is 1. The maximum atomic E-state index is 11.9. The van der Waals surface area contributed by atoms with E-state index in [1.54, 1.807) is 6.07 Å². The minimum Gasteiger partial charge on any atom is -0.494 e. The van der Waals surface area contributed by atoms with Crippen LogP contribution in [0.25, 0.3) is 21.0 Å². The van der Waals surface area contributed by atoms with Gasteiger partial charge < -0.3 is 14.4 Å². The second-order valence-corrected chi connectivity index (χ2v) is 10.6. The number of amides is 1. The number of benzene rings is 2. The number of fused-ring (bicyclic) bond motifs is 2. The first-order chi connectivity index (χ1) is 18.7. The van der Waals surface area contributed by atoms with Crippen LogP contribution in [0.4, 0.5) is 16.3 Å². The van der Waals surface area contributed by atoms with E-state index >= 15 is 0 Å². The van der Waals surface area contributed by atoms with Gasteiger partial charge in [-0.25, -0.2) is 9.78 Å². The Morgan fingerprint density at radius 1 is 1.00 bits per heavy atom. The van der Waals surface area contributed by atoms with E-state index in [4.69, 9.17) is 9.47 Å². The van der Waals surface area contributed by atoms with Crippen molar-refractivity contribution in [3.8, 4) is 5.75 Å². The van der Waals surface area contributed by atoms with Crippen LogP contribution in [0.1, 0.15) is 32.6 Å². The molecule has 2 aromatic heterocycles. The average molecular weight is 533 g/mol. The summed E-state index contributed by atoms with van der Waals surface area (Å²) in [6.45, 7) is 8.58. The van der Waals surface area contributed by atoms with Crippen molar-refractivity contribution in [2.24, 2.45) is 0 Å². The molecule has 7 nitrogen and oxygen atoms in total. The van der Waals surface area contributed by atoms with Crippen molar-refractivity contribution in [3.63, 3.8) is 0 Å². The highest BCUT2D eigenvalue weighted by Gasteiger charge is 2.18. The van der Waals surface area contributed by atoms with Crippen LogP contribution >= 0.6 is 11.3 Å². The lowest BCUT2D eigenvalue weighted by atomic mass is 10.2. The van der Waals surface area contributed by atoms with Gasteiger partial charge >= 0.3 is 6.09 Å². The number of ether oxygens (including phenoxy) is 2. The highest BCUT2D eigenvalue weighted by atomic mass is 32.1. The number of pyridine rings is 1. The van der Waals surface area contributed by atoms with Crippen molar-refractivity contribution in [2.75, 3.05) is 56.2 Å². The Hall–Kier alpha value is -3.36. The third-order valence-corrected chi connectivity index (χ3v) is 7.83. The zero-order chi connectivity index (χ0) is 26.2. The van der Waals surface area contributed by atoms with Crippen LogP contribution in [0, 0.1) is 0 Å². The molecule has 200 valence electrons. The maximum absolute atomic E-state index is 11.9. The normalized spacial score (nSPS) is 14.2. The van der Waals surface area contributed by atoms with E-state index in [0.29, 0.717) is 19.0 Å². The number of carbonyl (C=O) groups excluding carboxylic acids is 1. The summed E-state index contributed by atoms with van der Waals surface area (Å²) in [5.41, 5.74) is 2.15. The van der Waals surface area contributed by atoms with E-state index in [0.717, 1.165) is 75.1 Å². The molecule has 3 heterocycles. The van der Waals surface area contributed by atoms with E-state index in [1.807, 2.05) is 35.6 Å². The number of thiophene rings is 1. The molecule has 1 fully saturated rings. The monoisotopic (exact) mass is 532 g/mol. The summed E-state index contributed by atoms with van der Waals surface area (Å²) >= 11 is 1.81. The molecule has 1 N–H and O–H groups in total. The van der Waals surface area contributed by atoms with Crippen LogP contribution in [0.3, 0.4) is 0 Å². The number of unbranched alkanes of at least 4 members (excludes halogenated alkanes) is 2. The molecule has 8 heteroatoms. The maximum Gasteiger partial charge on any atom is 0.412 e. The zero-order valence-electron chi connectivity index (χ0n) is 22.0. The molecule has 2 aromatic carbocycles. The first kappa shape index (κ1) is 26.3. The first-order valence-corrected chi connectivity index (χ1v) is 14.5. The van der Waals surface area contributed by atoms with Crippen LogP contribution in [-0.4, -0.2) is 61.9 Å². The highest BCUT2D eigenvalue weighted by Crippen LogP contribution is 2.31. The molecule has 0 aliphatic carbocycles. The largest absolute Gasteiger partial charge is 0.494 e. The number of nitrogens with one attached hydrogen (secondary N) is 1. The highest BCUT2D eigenvalue weighted by molar-refractivity contribution is 7.17. The number of rotatable bonds is 11. The van der Waals surface area contributed by atoms with Crippen molar-refractivity contribution in [3.05, 3.63) is 60.0 Å². The lowest BCUT2D eigenvalue weighted by Crippen LogP contribution is -2.46. The Morgan fingerprint density at radius 3 is 2.74 bits per heavy atom. The van der Waals surface area contributed by atoms with Crippen molar-refractivity contribution in [1.82, 2.24) is 9.88 Å². The predicted molar refractivity (Wildman–Crippen MR) is 157 cm³/mol. The van der Waals surface area contributed by atoms with Gasteiger partial charge in [-0.15, -0.1) is 11.3 Å². The quantitative estimate of drug-likeness (QED) is 0.215. The Morgan fingerprint density at radius 2 is 1.87 bits per heavy atom. The Labute approximate surface area is 228 Å². The van der Waals surface area contributed by atoms with Crippen LogP contribution in [0.15, 0.2) is 60.0 Å². The number of hydrogen-bond donors (Lipinski definition) is 1. The molecule has 0 bridgehead atoms. The molecule has 0 atom stereocenters. The van der Waals surface area contributed by atoms with Crippen molar-refractivity contribution < 1.29 is 14.3 Å². The smallest absolute Gasteiger partial charge is 0.412 e. The molecular weight excluding hydrogens is 496 g/mol. The molecule has 0 saturated carbocycles. The minimum atomic E-state index is -0.473. The van der Waals surface area contributed by atoms with Crippen LogP contribution in [0.5, 0.6) is 5.75 Å². The Balaban J connectivity index is 1.03. The van der Waals surface area contributed by atoms with Gasteiger partial charge in [0.25, 0.3) is 0 Å². The van der Waals surface area contributed by atoms with Gasteiger partial charge in [0.1, 0.15) is 11.6 Å². The SMILES string of the molecule is CCCCOC(=O)Nc1ccc2ccc(OCCCCN3CCN(c4cccc5sccc45)CC3)cc2n1. The van der Waals surface area contributed by atoms with E-state index in [2.05, 4.69) is 56.7 Å². The molecule has 0 spiro atoms. The second-order valence-electron chi connectivity index (χ2n) is 9.66. The van der Waals surface area contributed by atoms with Gasteiger partial charge in [0.15, 0.2) is 0 Å². The lowest BCUT2D eigenvalue weighted by Gasteiger charge is -2.36. The standard InChI is InChI=1S/C30H36N4O3S/c1-2-3-19-37-30(35)32-29-12-10-23-9-11-24(22-26(23)31-29)36-20-5-4-14-33-15-17-34(18-16-33)27-7-6-8-28-25(27)13-21-38-28/h6-13,21-22H,2-5,14-20H2,1H3,(H,31,32,35). The second kappa shape index (κ2) is 12.9. The van der Waals surface area contributed by atoms with E-state index in [9.17, 15) is 4.79 Å². The van der Waals surface area contributed by atoms with Crippen molar-refractivity contribution in [2.45, 2.75) is 32.6 Å². The van der Waals surface area contributed by atoms with Gasteiger partial charge in [-0.05, 0) is 73.7 Å². The fraction of sp³-hybridized carbons (Fsp3) is 0.400. The van der Waals surface area contributed by atoms with E-state index < -0.39 is 6.09 Å². The molecular formula is C30H36N4O3S. The number of aromatic nitrogens is 1. The van der Waals surface area contributed by atoms with E-state index in [1.165, 1.54) is 15.8 Å². The summed E-state index contributed by atoms with van der Waals surface area (Å²) in [6.07, 6.45) is 3.47. The molecule has 4 aromatic rings. The third kappa shape index (κ3) is 6.74. The molecule has 0 radical (unpaired) electrons. The summed E-state index contributed by atoms with van der Waals surface area (Å²) in [4.78, 5) is 21.6. The van der Waals surface area contributed by atoms with Crippen molar-refractivity contribution >= 4 is 49.9 Å². The minimum absolute atomic E-state index is 0.413. The average Bonchev–Trinajstić information content (AvgIpc) is 3.42. The molecule has 1 aliphatic rings. The van der Waals surface area contributed by atoms with Gasteiger partial charge in [0.05, 0.1) is 18.7 Å². The molecule has 1 amide bonds. The fourth-order valence-corrected chi connectivity index (χ4v) is 5.61. The summed E-state index contributed by atoms with van der Waals surface area (Å²) < 4.78 is 12.5.